The van der Waals surface area contributed by atoms with E-state index in [0.717, 1.165) is 32.4 Å². The van der Waals surface area contributed by atoms with Gasteiger partial charge in [-0.05, 0) is 43.4 Å². The summed E-state index contributed by atoms with van der Waals surface area (Å²) < 4.78 is 15.8. The van der Waals surface area contributed by atoms with E-state index in [0.29, 0.717) is 48.1 Å². The molecule has 3 aliphatic rings. The average molecular weight is 489 g/mol. The van der Waals surface area contributed by atoms with E-state index in [1.807, 2.05) is 4.90 Å². The topological polar surface area (TPSA) is 107 Å². The number of hydrogen-bond acceptors (Lipinski definition) is 8. The minimum atomic E-state index is -0.367. The highest BCUT2D eigenvalue weighted by atomic mass is 35.5. The van der Waals surface area contributed by atoms with Gasteiger partial charge in [0.15, 0.2) is 11.5 Å². The lowest BCUT2D eigenvalue weighted by Crippen LogP contribution is -2.44. The van der Waals surface area contributed by atoms with Gasteiger partial charge >= 0.3 is 0 Å². The fourth-order valence-electron chi connectivity index (χ4n) is 5.15. The van der Waals surface area contributed by atoms with Crippen LogP contribution in [-0.2, 0) is 6.54 Å². The van der Waals surface area contributed by atoms with Gasteiger partial charge in [-0.3, -0.25) is 19.8 Å². The number of rotatable bonds is 5. The van der Waals surface area contributed by atoms with Gasteiger partial charge in [0.1, 0.15) is 5.15 Å². The number of hydrogen-bond donors (Lipinski definition) is 0. The SMILES string of the molecule is COc1cc(C(=O)N2CCC3(CCN(Cc4cc5c(cc4[N+](=O)[O-])OCO5)C3)CC2)cc(Cl)n1. The lowest BCUT2D eigenvalue weighted by atomic mass is 9.77. The summed E-state index contributed by atoms with van der Waals surface area (Å²) in [4.78, 5) is 32.4. The molecule has 0 saturated carbocycles. The Labute approximate surface area is 201 Å². The summed E-state index contributed by atoms with van der Waals surface area (Å²) in [6, 6.07) is 6.34. The highest BCUT2D eigenvalue weighted by Crippen LogP contribution is 2.43. The molecule has 1 aromatic heterocycles. The maximum atomic E-state index is 13.0. The minimum Gasteiger partial charge on any atom is -0.481 e. The number of fused-ring (bicyclic) bond motifs is 1. The number of ether oxygens (including phenoxy) is 3. The zero-order chi connectivity index (χ0) is 23.9. The van der Waals surface area contributed by atoms with E-state index in [2.05, 4.69) is 9.88 Å². The van der Waals surface area contributed by atoms with Gasteiger partial charge in [0, 0.05) is 43.4 Å². The first-order chi connectivity index (χ1) is 16.4. The maximum absolute atomic E-state index is 13.0. The highest BCUT2D eigenvalue weighted by molar-refractivity contribution is 6.29. The normalized spacial score (nSPS) is 18.9. The number of amides is 1. The standard InChI is InChI=1S/C23H25ClN4O6/c1-32-21-10-15(9-20(24)25-21)22(29)27-6-3-23(4-7-27)2-5-26(13-23)12-16-8-18-19(34-14-33-18)11-17(16)28(30)31/h8-11H,2-7,12-14H2,1H3. The van der Waals surface area contributed by atoms with Crippen LogP contribution in [0.1, 0.15) is 35.2 Å². The Morgan fingerprint density at radius 2 is 1.88 bits per heavy atom. The van der Waals surface area contributed by atoms with Crippen molar-refractivity contribution in [3.05, 3.63) is 50.7 Å². The van der Waals surface area contributed by atoms with Crippen molar-refractivity contribution in [2.75, 3.05) is 40.1 Å². The molecule has 0 aliphatic carbocycles. The quantitative estimate of drug-likeness (QED) is 0.357. The molecule has 2 saturated heterocycles. The Bertz CT molecular complexity index is 1130. The summed E-state index contributed by atoms with van der Waals surface area (Å²) in [5, 5.41) is 11.8. The van der Waals surface area contributed by atoms with Crippen molar-refractivity contribution in [3.63, 3.8) is 0 Å². The molecule has 0 unspecified atom stereocenters. The molecule has 2 aromatic rings. The first-order valence-corrected chi connectivity index (χ1v) is 11.5. The van der Waals surface area contributed by atoms with Crippen molar-refractivity contribution in [2.24, 2.45) is 5.41 Å². The van der Waals surface area contributed by atoms with Crippen molar-refractivity contribution >= 4 is 23.2 Å². The number of nitro groups is 1. The minimum absolute atomic E-state index is 0.0528. The van der Waals surface area contributed by atoms with E-state index in [4.69, 9.17) is 25.8 Å². The second kappa shape index (κ2) is 8.92. The number of likely N-dealkylation sites (tertiary alicyclic amines) is 2. The smallest absolute Gasteiger partial charge is 0.277 e. The average Bonchev–Trinajstić information content (AvgIpc) is 3.44. The summed E-state index contributed by atoms with van der Waals surface area (Å²) in [6.45, 7) is 3.56. The van der Waals surface area contributed by atoms with Crippen molar-refractivity contribution in [2.45, 2.75) is 25.8 Å². The molecule has 2 fully saturated rings. The van der Waals surface area contributed by atoms with Gasteiger partial charge in [-0.25, -0.2) is 4.98 Å². The maximum Gasteiger partial charge on any atom is 0.277 e. The van der Waals surface area contributed by atoms with Gasteiger partial charge in [-0.15, -0.1) is 0 Å². The van der Waals surface area contributed by atoms with Gasteiger partial charge in [-0.2, -0.15) is 0 Å². The van der Waals surface area contributed by atoms with Crippen LogP contribution >= 0.6 is 11.6 Å². The van der Waals surface area contributed by atoms with Crippen LogP contribution in [0.5, 0.6) is 17.4 Å². The summed E-state index contributed by atoms with van der Waals surface area (Å²) in [6.07, 6.45) is 2.77. The molecule has 0 atom stereocenters. The number of aromatic nitrogens is 1. The summed E-state index contributed by atoms with van der Waals surface area (Å²) in [5.74, 6) is 1.20. The van der Waals surface area contributed by atoms with Crippen LogP contribution in [0.4, 0.5) is 5.69 Å². The number of pyridine rings is 1. The molecule has 34 heavy (non-hydrogen) atoms. The molecule has 11 heteroatoms. The number of benzene rings is 1. The van der Waals surface area contributed by atoms with Gasteiger partial charge in [0.2, 0.25) is 12.7 Å². The van der Waals surface area contributed by atoms with Gasteiger partial charge in [0.05, 0.1) is 18.1 Å². The number of nitro benzene ring substituents is 1. The molecule has 1 spiro atoms. The molecule has 1 amide bonds. The number of methoxy groups -OCH3 is 1. The zero-order valence-electron chi connectivity index (χ0n) is 18.8. The van der Waals surface area contributed by atoms with Crippen LogP contribution in [0.2, 0.25) is 5.15 Å². The van der Waals surface area contributed by atoms with E-state index < -0.39 is 0 Å². The summed E-state index contributed by atoms with van der Waals surface area (Å²) >= 11 is 6.03. The van der Waals surface area contributed by atoms with Crippen LogP contribution in [-0.4, -0.2) is 65.7 Å². The van der Waals surface area contributed by atoms with Crippen LogP contribution in [0.15, 0.2) is 24.3 Å². The Hall–Kier alpha value is -3.11. The lowest BCUT2D eigenvalue weighted by Gasteiger charge is -2.39. The summed E-state index contributed by atoms with van der Waals surface area (Å²) in [5.41, 5.74) is 1.26. The second-order valence-electron chi connectivity index (χ2n) is 9.07. The Kier molecular flexibility index (Phi) is 5.95. The predicted octanol–water partition coefficient (Wildman–Crippen LogP) is 3.51. The third-order valence-electron chi connectivity index (χ3n) is 7.02. The van der Waals surface area contributed by atoms with Crippen LogP contribution in [0, 0.1) is 15.5 Å². The third-order valence-corrected chi connectivity index (χ3v) is 7.21. The molecular weight excluding hydrogens is 464 g/mol. The fourth-order valence-corrected chi connectivity index (χ4v) is 5.35. The fraction of sp³-hybridized carbons (Fsp3) is 0.478. The molecule has 4 heterocycles. The Morgan fingerprint density at radius 3 is 2.59 bits per heavy atom. The number of halogens is 1. The highest BCUT2D eigenvalue weighted by Gasteiger charge is 2.42. The summed E-state index contributed by atoms with van der Waals surface area (Å²) in [7, 11) is 1.49. The Balaban J connectivity index is 1.23. The lowest BCUT2D eigenvalue weighted by molar-refractivity contribution is -0.385. The largest absolute Gasteiger partial charge is 0.481 e. The molecule has 0 radical (unpaired) electrons. The molecule has 10 nitrogen and oxygen atoms in total. The van der Waals surface area contributed by atoms with Crippen molar-refractivity contribution in [1.82, 2.24) is 14.8 Å². The molecule has 180 valence electrons. The molecule has 3 aliphatic heterocycles. The number of piperidine rings is 1. The predicted molar refractivity (Wildman–Crippen MR) is 122 cm³/mol. The molecule has 0 N–H and O–H groups in total. The van der Waals surface area contributed by atoms with E-state index in [1.165, 1.54) is 13.2 Å². The second-order valence-corrected chi connectivity index (χ2v) is 9.45. The zero-order valence-corrected chi connectivity index (χ0v) is 19.5. The van der Waals surface area contributed by atoms with E-state index in [9.17, 15) is 14.9 Å². The van der Waals surface area contributed by atoms with Gasteiger partial charge in [-0.1, -0.05) is 11.6 Å². The Morgan fingerprint density at radius 1 is 1.18 bits per heavy atom. The number of carbonyl (C=O) groups excluding carboxylic acids is 1. The van der Waals surface area contributed by atoms with Gasteiger partial charge < -0.3 is 19.1 Å². The number of carbonyl (C=O) groups is 1. The van der Waals surface area contributed by atoms with Crippen LogP contribution in [0.3, 0.4) is 0 Å². The first kappa shape index (κ1) is 22.7. The van der Waals surface area contributed by atoms with E-state index in [1.54, 1.807) is 18.2 Å². The van der Waals surface area contributed by atoms with Crippen LogP contribution < -0.4 is 14.2 Å². The molecule has 1 aromatic carbocycles. The number of nitrogens with zero attached hydrogens (tertiary/aromatic N) is 4. The molecule has 5 rings (SSSR count). The monoisotopic (exact) mass is 488 g/mol. The van der Waals surface area contributed by atoms with Crippen LogP contribution in [0.25, 0.3) is 0 Å². The van der Waals surface area contributed by atoms with E-state index in [-0.39, 0.29) is 33.9 Å². The van der Waals surface area contributed by atoms with Crippen molar-refractivity contribution < 1.29 is 23.9 Å². The van der Waals surface area contributed by atoms with Crippen molar-refractivity contribution in [3.8, 4) is 17.4 Å². The third kappa shape index (κ3) is 4.35. The van der Waals surface area contributed by atoms with Crippen molar-refractivity contribution in [1.29, 1.82) is 0 Å². The molecule has 0 bridgehead atoms. The van der Waals surface area contributed by atoms with Gasteiger partial charge in [0.25, 0.3) is 11.6 Å². The molecular formula is C23H25ClN4O6. The first-order valence-electron chi connectivity index (χ1n) is 11.2. The van der Waals surface area contributed by atoms with E-state index >= 15 is 0 Å².